The lowest BCUT2D eigenvalue weighted by molar-refractivity contribution is 0.669. The van der Waals surface area contributed by atoms with Gasteiger partial charge in [-0.1, -0.05) is 121 Å². The van der Waals surface area contributed by atoms with Crippen molar-refractivity contribution in [2.45, 2.75) is 0 Å². The molecule has 0 saturated carbocycles. The van der Waals surface area contributed by atoms with Crippen molar-refractivity contribution in [3.8, 4) is 33.6 Å². The highest BCUT2D eigenvalue weighted by atomic mass is 16.3. The summed E-state index contributed by atoms with van der Waals surface area (Å²) in [6.07, 6.45) is 0. The highest BCUT2D eigenvalue weighted by molar-refractivity contribution is 6.27. The van der Waals surface area contributed by atoms with E-state index in [1.54, 1.807) is 0 Å². The van der Waals surface area contributed by atoms with Crippen LogP contribution in [-0.4, -0.2) is 9.13 Å². The molecule has 0 aliphatic carbocycles. The predicted molar refractivity (Wildman–Crippen MR) is 213 cm³/mol. The molecule has 0 atom stereocenters. The zero-order valence-corrected chi connectivity index (χ0v) is 27.6. The Morgan fingerprint density at radius 2 is 0.686 bits per heavy atom. The van der Waals surface area contributed by atoms with E-state index in [2.05, 4.69) is 185 Å². The van der Waals surface area contributed by atoms with Crippen LogP contribution >= 0.6 is 0 Å². The van der Waals surface area contributed by atoms with Crippen LogP contribution in [0, 0.1) is 0 Å². The Labute approximate surface area is 293 Å². The normalized spacial score (nSPS) is 11.9. The quantitative estimate of drug-likeness (QED) is 0.186. The molecule has 0 fully saturated rings. The maximum Gasteiger partial charge on any atom is 0.136 e. The van der Waals surface area contributed by atoms with Gasteiger partial charge in [0.2, 0.25) is 0 Å². The van der Waals surface area contributed by atoms with Crippen LogP contribution in [0.5, 0.6) is 0 Å². The standard InChI is InChI=1S/C48H30N2O/c1-5-13-41-37(9-1)38-10-2-6-14-42(38)49(41)35-25-21-33(22-26-35)31-17-19-32(20-18-31)34-23-27-36(28-24-34)50-43-15-7-3-11-39(43)47-44(50)29-30-46-48(47)40-12-4-8-16-45(40)51-46/h1-30H. The van der Waals surface area contributed by atoms with E-state index in [1.807, 2.05) is 6.07 Å². The van der Waals surface area contributed by atoms with Crippen molar-refractivity contribution in [1.29, 1.82) is 0 Å². The summed E-state index contributed by atoms with van der Waals surface area (Å²) in [5.74, 6) is 0. The van der Waals surface area contributed by atoms with Crippen LogP contribution in [0.25, 0.3) is 99.2 Å². The Morgan fingerprint density at radius 1 is 0.275 bits per heavy atom. The van der Waals surface area contributed by atoms with Gasteiger partial charge in [-0.05, 0) is 82.9 Å². The van der Waals surface area contributed by atoms with Gasteiger partial charge in [0.25, 0.3) is 0 Å². The van der Waals surface area contributed by atoms with E-state index in [0.29, 0.717) is 0 Å². The molecule has 0 bridgehead atoms. The Morgan fingerprint density at radius 3 is 1.24 bits per heavy atom. The van der Waals surface area contributed by atoms with E-state index in [0.717, 1.165) is 22.2 Å². The lowest BCUT2D eigenvalue weighted by Crippen LogP contribution is -1.94. The van der Waals surface area contributed by atoms with Crippen molar-refractivity contribution >= 4 is 65.6 Å². The molecule has 0 spiro atoms. The fourth-order valence-electron chi connectivity index (χ4n) is 8.21. The lowest BCUT2D eigenvalue weighted by atomic mass is 10.00. The first-order valence-electron chi connectivity index (χ1n) is 17.4. The van der Waals surface area contributed by atoms with Gasteiger partial charge in [0.15, 0.2) is 0 Å². The molecule has 0 aliphatic heterocycles. The van der Waals surface area contributed by atoms with Gasteiger partial charge in [0.05, 0.1) is 22.1 Å². The van der Waals surface area contributed by atoms with Gasteiger partial charge in [-0.3, -0.25) is 0 Å². The number of furan rings is 1. The van der Waals surface area contributed by atoms with Crippen LogP contribution in [0.4, 0.5) is 0 Å². The number of nitrogens with zero attached hydrogens (tertiary/aromatic N) is 2. The third kappa shape index (κ3) is 4.19. The van der Waals surface area contributed by atoms with E-state index < -0.39 is 0 Å². The summed E-state index contributed by atoms with van der Waals surface area (Å²) in [6, 6.07) is 65.4. The number of hydrogen-bond acceptors (Lipinski definition) is 1. The molecule has 3 aromatic heterocycles. The summed E-state index contributed by atoms with van der Waals surface area (Å²) in [5, 5.41) is 7.35. The zero-order valence-electron chi connectivity index (χ0n) is 27.6. The number of rotatable bonds is 4. The number of benzene rings is 8. The van der Waals surface area contributed by atoms with Gasteiger partial charge in [0.1, 0.15) is 11.2 Å². The van der Waals surface area contributed by atoms with Crippen LogP contribution in [0.2, 0.25) is 0 Å². The fraction of sp³-hybridized carbons (Fsp3) is 0. The van der Waals surface area contributed by atoms with E-state index in [9.17, 15) is 0 Å². The Hall–Kier alpha value is -6.84. The van der Waals surface area contributed by atoms with Gasteiger partial charge < -0.3 is 13.6 Å². The van der Waals surface area contributed by atoms with Crippen LogP contribution in [0.15, 0.2) is 186 Å². The van der Waals surface area contributed by atoms with E-state index >= 15 is 0 Å². The molecule has 51 heavy (non-hydrogen) atoms. The average Bonchev–Trinajstić information content (AvgIpc) is 3.86. The summed E-state index contributed by atoms with van der Waals surface area (Å²) in [4.78, 5) is 0. The minimum atomic E-state index is 0.920. The third-order valence-electron chi connectivity index (χ3n) is 10.6. The molecule has 0 amide bonds. The molecule has 0 N–H and O–H groups in total. The summed E-state index contributed by atoms with van der Waals surface area (Å²) >= 11 is 0. The summed E-state index contributed by atoms with van der Waals surface area (Å²) in [6.45, 7) is 0. The van der Waals surface area contributed by atoms with E-state index in [1.165, 1.54) is 76.9 Å². The number of hydrogen-bond donors (Lipinski definition) is 0. The zero-order chi connectivity index (χ0) is 33.5. The molecular weight excluding hydrogens is 621 g/mol. The summed E-state index contributed by atoms with van der Waals surface area (Å²) < 4.78 is 11.0. The minimum Gasteiger partial charge on any atom is -0.456 e. The second-order valence-corrected chi connectivity index (χ2v) is 13.3. The first kappa shape index (κ1) is 28.0. The average molecular weight is 651 g/mol. The Bertz CT molecular complexity index is 3050. The fourth-order valence-corrected chi connectivity index (χ4v) is 8.21. The second-order valence-electron chi connectivity index (χ2n) is 13.3. The van der Waals surface area contributed by atoms with Crippen LogP contribution in [0.3, 0.4) is 0 Å². The van der Waals surface area contributed by atoms with Crippen LogP contribution in [0.1, 0.15) is 0 Å². The van der Waals surface area contributed by atoms with Crippen LogP contribution < -0.4 is 0 Å². The van der Waals surface area contributed by atoms with Gasteiger partial charge in [-0.2, -0.15) is 0 Å². The van der Waals surface area contributed by atoms with E-state index in [-0.39, 0.29) is 0 Å². The minimum absolute atomic E-state index is 0.920. The molecule has 0 radical (unpaired) electrons. The van der Waals surface area contributed by atoms with Gasteiger partial charge >= 0.3 is 0 Å². The number of para-hydroxylation sites is 4. The first-order chi connectivity index (χ1) is 25.3. The smallest absolute Gasteiger partial charge is 0.136 e. The van der Waals surface area contributed by atoms with Crippen molar-refractivity contribution in [2.24, 2.45) is 0 Å². The van der Waals surface area contributed by atoms with Gasteiger partial charge in [-0.25, -0.2) is 0 Å². The van der Waals surface area contributed by atoms with Gasteiger partial charge in [0, 0.05) is 43.7 Å². The number of fused-ring (bicyclic) bond motifs is 10. The highest BCUT2D eigenvalue weighted by Gasteiger charge is 2.18. The molecule has 3 heteroatoms. The molecule has 11 rings (SSSR count). The van der Waals surface area contributed by atoms with E-state index in [4.69, 9.17) is 4.42 Å². The van der Waals surface area contributed by atoms with Crippen molar-refractivity contribution in [3.05, 3.63) is 182 Å². The highest BCUT2D eigenvalue weighted by Crippen LogP contribution is 2.41. The summed E-state index contributed by atoms with van der Waals surface area (Å²) in [7, 11) is 0. The molecule has 3 nitrogen and oxygen atoms in total. The molecule has 11 aromatic rings. The molecule has 0 unspecified atom stereocenters. The molecule has 238 valence electrons. The van der Waals surface area contributed by atoms with Crippen molar-refractivity contribution in [1.82, 2.24) is 9.13 Å². The Balaban J connectivity index is 0.929. The Kier molecular flexibility index (Phi) is 5.96. The topological polar surface area (TPSA) is 23.0 Å². The molecular formula is C48H30N2O. The molecule has 8 aromatic carbocycles. The van der Waals surface area contributed by atoms with Gasteiger partial charge in [-0.15, -0.1) is 0 Å². The predicted octanol–water partition coefficient (Wildman–Crippen LogP) is 13.1. The lowest BCUT2D eigenvalue weighted by Gasteiger charge is -2.11. The summed E-state index contributed by atoms with van der Waals surface area (Å²) in [5.41, 5.74) is 13.7. The third-order valence-corrected chi connectivity index (χ3v) is 10.6. The molecule has 0 aliphatic rings. The monoisotopic (exact) mass is 650 g/mol. The van der Waals surface area contributed by atoms with Crippen molar-refractivity contribution < 1.29 is 4.42 Å². The first-order valence-corrected chi connectivity index (χ1v) is 17.4. The molecule has 3 heterocycles. The van der Waals surface area contributed by atoms with Crippen molar-refractivity contribution in [3.63, 3.8) is 0 Å². The number of aromatic nitrogens is 2. The van der Waals surface area contributed by atoms with Crippen LogP contribution in [-0.2, 0) is 0 Å². The second kappa shape index (κ2) is 10.8. The largest absolute Gasteiger partial charge is 0.456 e. The maximum atomic E-state index is 6.26. The van der Waals surface area contributed by atoms with Crippen molar-refractivity contribution in [2.75, 3.05) is 0 Å². The SMILES string of the molecule is c1ccc2c(c1)oc1ccc3c(c4ccccc4n3-c3ccc(-c4ccc(-c5ccc(-n6c7ccccc7c7ccccc76)cc5)cc4)cc3)c12. The maximum absolute atomic E-state index is 6.26. The molecule has 0 saturated heterocycles.